The predicted molar refractivity (Wildman–Crippen MR) is 113 cm³/mol. The van der Waals surface area contributed by atoms with Gasteiger partial charge < -0.3 is 10.3 Å². The largest absolute Gasteiger partial charge is 0.350 e. The summed E-state index contributed by atoms with van der Waals surface area (Å²) in [6, 6.07) is 13.9. The van der Waals surface area contributed by atoms with Gasteiger partial charge in [-0.1, -0.05) is 57.0 Å². The SMILES string of the molecule is CC(C)c1ccc(C(=O)NCC(c2ccccc2)N2CCCCCC2)c(=O)[nH]1. The molecule has 0 radical (unpaired) electrons. The van der Waals surface area contributed by atoms with Gasteiger partial charge in [0.25, 0.3) is 11.5 Å². The zero-order valence-corrected chi connectivity index (χ0v) is 16.9. The molecule has 1 saturated heterocycles. The lowest BCUT2D eigenvalue weighted by molar-refractivity contribution is 0.0931. The first-order chi connectivity index (χ1) is 13.6. The second kappa shape index (κ2) is 9.69. The van der Waals surface area contributed by atoms with E-state index in [0.717, 1.165) is 18.8 Å². The average Bonchev–Trinajstić information content (AvgIpc) is 2.98. The average molecular weight is 382 g/mol. The minimum Gasteiger partial charge on any atom is -0.350 e. The number of carbonyl (C=O) groups excluding carboxylic acids is 1. The van der Waals surface area contributed by atoms with Gasteiger partial charge in [-0.3, -0.25) is 14.5 Å². The fourth-order valence-corrected chi connectivity index (χ4v) is 3.83. The molecule has 0 spiro atoms. The molecule has 0 saturated carbocycles. The lowest BCUT2D eigenvalue weighted by Crippen LogP contribution is -2.40. The summed E-state index contributed by atoms with van der Waals surface area (Å²) in [5.41, 5.74) is 1.89. The Balaban J connectivity index is 1.74. The van der Waals surface area contributed by atoms with E-state index in [0.29, 0.717) is 6.54 Å². The van der Waals surface area contributed by atoms with Crippen molar-refractivity contribution in [1.29, 1.82) is 0 Å². The minimum absolute atomic E-state index is 0.122. The summed E-state index contributed by atoms with van der Waals surface area (Å²) in [5.74, 6) is -0.0948. The molecule has 28 heavy (non-hydrogen) atoms. The maximum atomic E-state index is 12.7. The molecule has 5 nitrogen and oxygen atoms in total. The smallest absolute Gasteiger partial charge is 0.261 e. The van der Waals surface area contributed by atoms with Crippen molar-refractivity contribution in [2.75, 3.05) is 19.6 Å². The van der Waals surface area contributed by atoms with Gasteiger partial charge in [0.05, 0.1) is 6.04 Å². The Bertz CT molecular complexity index is 821. The molecule has 2 heterocycles. The molecule has 1 amide bonds. The van der Waals surface area contributed by atoms with E-state index in [9.17, 15) is 9.59 Å². The van der Waals surface area contributed by atoms with E-state index in [1.54, 1.807) is 6.07 Å². The van der Waals surface area contributed by atoms with Crippen molar-refractivity contribution in [2.45, 2.75) is 51.5 Å². The van der Waals surface area contributed by atoms with Crippen LogP contribution in [-0.4, -0.2) is 35.4 Å². The van der Waals surface area contributed by atoms with Crippen LogP contribution in [0.2, 0.25) is 0 Å². The summed E-state index contributed by atoms with van der Waals surface area (Å²) in [7, 11) is 0. The second-order valence-corrected chi connectivity index (χ2v) is 7.90. The number of carbonyl (C=O) groups is 1. The third kappa shape index (κ3) is 5.10. The fraction of sp³-hybridized carbons (Fsp3) is 0.478. The van der Waals surface area contributed by atoms with Gasteiger partial charge in [0.1, 0.15) is 5.56 Å². The van der Waals surface area contributed by atoms with Crippen molar-refractivity contribution < 1.29 is 4.79 Å². The van der Waals surface area contributed by atoms with Crippen molar-refractivity contribution in [3.05, 3.63) is 69.6 Å². The first-order valence-electron chi connectivity index (χ1n) is 10.4. The number of likely N-dealkylation sites (tertiary alicyclic amines) is 1. The number of aromatic amines is 1. The van der Waals surface area contributed by atoms with E-state index in [-0.39, 0.29) is 29.0 Å². The van der Waals surface area contributed by atoms with Crippen LogP contribution in [0.3, 0.4) is 0 Å². The quantitative estimate of drug-likeness (QED) is 0.799. The molecule has 1 aromatic heterocycles. The van der Waals surface area contributed by atoms with Crippen LogP contribution >= 0.6 is 0 Å². The summed E-state index contributed by atoms with van der Waals surface area (Å²) < 4.78 is 0. The number of nitrogens with zero attached hydrogens (tertiary/aromatic N) is 1. The van der Waals surface area contributed by atoms with E-state index in [1.165, 1.54) is 31.2 Å². The maximum absolute atomic E-state index is 12.7. The van der Waals surface area contributed by atoms with Crippen molar-refractivity contribution in [3.63, 3.8) is 0 Å². The molecule has 1 aliphatic rings. The number of nitrogens with one attached hydrogen (secondary N) is 2. The molecule has 1 unspecified atom stereocenters. The fourth-order valence-electron chi connectivity index (χ4n) is 3.83. The topological polar surface area (TPSA) is 65.2 Å². The zero-order chi connectivity index (χ0) is 19.9. The van der Waals surface area contributed by atoms with Gasteiger partial charge in [-0.15, -0.1) is 0 Å². The number of amides is 1. The number of pyridine rings is 1. The van der Waals surface area contributed by atoms with Crippen LogP contribution in [0, 0.1) is 0 Å². The van der Waals surface area contributed by atoms with Crippen LogP contribution in [0.5, 0.6) is 0 Å². The highest BCUT2D eigenvalue weighted by molar-refractivity contribution is 5.93. The van der Waals surface area contributed by atoms with E-state index in [2.05, 4.69) is 27.3 Å². The molecule has 1 fully saturated rings. The van der Waals surface area contributed by atoms with Crippen LogP contribution < -0.4 is 10.9 Å². The van der Waals surface area contributed by atoms with Crippen LogP contribution in [0.25, 0.3) is 0 Å². The first-order valence-corrected chi connectivity index (χ1v) is 10.4. The van der Waals surface area contributed by atoms with Gasteiger partial charge in [0, 0.05) is 12.2 Å². The van der Waals surface area contributed by atoms with E-state index in [1.807, 2.05) is 38.1 Å². The molecule has 2 aromatic rings. The molecule has 1 aromatic carbocycles. The van der Waals surface area contributed by atoms with E-state index >= 15 is 0 Å². The molecular formula is C23H31N3O2. The Morgan fingerprint density at radius 2 is 1.71 bits per heavy atom. The molecule has 3 rings (SSSR count). The Labute approximate surface area is 167 Å². The van der Waals surface area contributed by atoms with Gasteiger partial charge in [0.2, 0.25) is 0 Å². The highest BCUT2D eigenvalue weighted by atomic mass is 16.2. The van der Waals surface area contributed by atoms with Crippen molar-refractivity contribution in [1.82, 2.24) is 15.2 Å². The zero-order valence-electron chi connectivity index (χ0n) is 16.9. The molecule has 2 N–H and O–H groups in total. The number of hydrogen-bond donors (Lipinski definition) is 2. The number of benzene rings is 1. The Morgan fingerprint density at radius 1 is 1.04 bits per heavy atom. The van der Waals surface area contributed by atoms with Crippen molar-refractivity contribution in [3.8, 4) is 0 Å². The third-order valence-electron chi connectivity index (χ3n) is 5.52. The van der Waals surface area contributed by atoms with Gasteiger partial charge in [-0.25, -0.2) is 0 Å². The Kier molecular flexibility index (Phi) is 7.04. The van der Waals surface area contributed by atoms with Crippen LogP contribution in [-0.2, 0) is 0 Å². The van der Waals surface area contributed by atoms with Gasteiger partial charge >= 0.3 is 0 Å². The predicted octanol–water partition coefficient (Wildman–Crippen LogP) is 3.85. The highest BCUT2D eigenvalue weighted by Gasteiger charge is 2.23. The molecule has 5 heteroatoms. The molecule has 150 valence electrons. The standard InChI is InChI=1S/C23H31N3O2/c1-17(2)20-13-12-19(23(28)25-20)22(27)24-16-21(18-10-6-5-7-11-18)26-14-8-3-4-9-15-26/h5-7,10-13,17,21H,3-4,8-9,14-16H2,1-2H3,(H,24,27)(H,25,28). The number of aromatic nitrogens is 1. The minimum atomic E-state index is -0.324. The monoisotopic (exact) mass is 381 g/mol. The van der Waals surface area contributed by atoms with E-state index < -0.39 is 0 Å². The van der Waals surface area contributed by atoms with Crippen LogP contribution in [0.15, 0.2) is 47.3 Å². The number of H-pyrrole nitrogens is 1. The van der Waals surface area contributed by atoms with Crippen molar-refractivity contribution in [2.24, 2.45) is 0 Å². The van der Waals surface area contributed by atoms with Crippen LogP contribution in [0.1, 0.15) is 73.1 Å². The number of hydrogen-bond acceptors (Lipinski definition) is 3. The maximum Gasteiger partial charge on any atom is 0.261 e. The molecule has 1 atom stereocenters. The Hall–Kier alpha value is -2.40. The molecule has 1 aliphatic heterocycles. The van der Waals surface area contributed by atoms with Gasteiger partial charge in [-0.05, 0) is 49.5 Å². The van der Waals surface area contributed by atoms with Gasteiger partial charge in [0.15, 0.2) is 0 Å². The number of rotatable bonds is 6. The van der Waals surface area contributed by atoms with Crippen LogP contribution in [0.4, 0.5) is 0 Å². The first kappa shape index (κ1) is 20.3. The summed E-state index contributed by atoms with van der Waals surface area (Å²) in [6.07, 6.45) is 4.91. The Morgan fingerprint density at radius 3 is 2.32 bits per heavy atom. The highest BCUT2D eigenvalue weighted by Crippen LogP contribution is 2.23. The van der Waals surface area contributed by atoms with E-state index in [4.69, 9.17) is 0 Å². The summed E-state index contributed by atoms with van der Waals surface area (Å²) in [6.45, 7) is 6.60. The summed E-state index contributed by atoms with van der Waals surface area (Å²) in [4.78, 5) is 30.3. The molecule has 0 aliphatic carbocycles. The normalized spacial score (nSPS) is 16.5. The van der Waals surface area contributed by atoms with Crippen molar-refractivity contribution >= 4 is 5.91 Å². The lowest BCUT2D eigenvalue weighted by atomic mass is 10.0. The lowest BCUT2D eigenvalue weighted by Gasteiger charge is -2.31. The second-order valence-electron chi connectivity index (χ2n) is 7.90. The van der Waals surface area contributed by atoms with Gasteiger partial charge in [-0.2, -0.15) is 0 Å². The summed E-state index contributed by atoms with van der Waals surface area (Å²) in [5, 5.41) is 3.00. The third-order valence-corrected chi connectivity index (χ3v) is 5.52. The summed E-state index contributed by atoms with van der Waals surface area (Å²) >= 11 is 0. The molecule has 0 bridgehead atoms. The molecular weight excluding hydrogens is 350 g/mol.